The van der Waals surface area contributed by atoms with Crippen molar-refractivity contribution in [1.82, 2.24) is 9.80 Å². The lowest BCUT2D eigenvalue weighted by Crippen LogP contribution is -2.53. The standard InChI is InChI=1S/C20H26F2N2O2/c21-20(22)8-12-24(13-9-20)18(16-4-2-1-3-5-16)19(25)26-17-14-23-10-6-15(17)7-11-23/h1-5,15,17-18H,6-14H2. The van der Waals surface area contributed by atoms with Crippen LogP contribution in [0.3, 0.4) is 0 Å². The lowest BCUT2D eigenvalue weighted by Gasteiger charge is -2.45. The molecule has 0 radical (unpaired) electrons. The quantitative estimate of drug-likeness (QED) is 0.769. The van der Waals surface area contributed by atoms with E-state index in [4.69, 9.17) is 4.74 Å². The van der Waals surface area contributed by atoms with Crippen LogP contribution in [0.4, 0.5) is 8.78 Å². The van der Waals surface area contributed by atoms with Crippen molar-refractivity contribution < 1.29 is 18.3 Å². The van der Waals surface area contributed by atoms with Crippen molar-refractivity contribution in [2.45, 2.75) is 43.8 Å². The molecule has 4 aliphatic rings. The molecule has 5 rings (SSSR count). The first-order valence-corrected chi connectivity index (χ1v) is 9.61. The van der Waals surface area contributed by atoms with Gasteiger partial charge in [0, 0.05) is 32.5 Å². The van der Waals surface area contributed by atoms with E-state index >= 15 is 0 Å². The van der Waals surface area contributed by atoms with Crippen LogP contribution in [-0.2, 0) is 9.53 Å². The Morgan fingerprint density at radius 3 is 2.31 bits per heavy atom. The molecule has 0 N–H and O–H groups in total. The van der Waals surface area contributed by atoms with Crippen LogP contribution >= 0.6 is 0 Å². The van der Waals surface area contributed by atoms with E-state index in [2.05, 4.69) is 4.90 Å². The second-order valence-corrected chi connectivity index (χ2v) is 7.82. The zero-order chi connectivity index (χ0) is 18.1. The Morgan fingerprint density at radius 1 is 1.08 bits per heavy atom. The van der Waals surface area contributed by atoms with Crippen molar-refractivity contribution in [2.75, 3.05) is 32.7 Å². The number of esters is 1. The summed E-state index contributed by atoms with van der Waals surface area (Å²) in [5.74, 6) is -2.48. The van der Waals surface area contributed by atoms with E-state index in [0.29, 0.717) is 5.92 Å². The van der Waals surface area contributed by atoms with Crippen LogP contribution in [0, 0.1) is 5.92 Å². The van der Waals surface area contributed by atoms with Gasteiger partial charge >= 0.3 is 5.97 Å². The molecule has 0 saturated carbocycles. The van der Waals surface area contributed by atoms with E-state index in [1.54, 1.807) is 0 Å². The van der Waals surface area contributed by atoms with Crippen LogP contribution in [0.15, 0.2) is 30.3 Å². The van der Waals surface area contributed by atoms with Gasteiger partial charge in [0.15, 0.2) is 0 Å². The monoisotopic (exact) mass is 364 g/mol. The summed E-state index contributed by atoms with van der Waals surface area (Å²) in [6.45, 7) is 3.39. The average molecular weight is 364 g/mol. The fourth-order valence-electron chi connectivity index (χ4n) is 4.50. The predicted octanol–water partition coefficient (Wildman–Crippen LogP) is 3.10. The van der Waals surface area contributed by atoms with Gasteiger partial charge in [-0.05, 0) is 37.4 Å². The Morgan fingerprint density at radius 2 is 1.73 bits per heavy atom. The third-order valence-electron chi connectivity index (χ3n) is 6.10. The normalized spacial score (nSPS) is 32.2. The van der Waals surface area contributed by atoms with Crippen LogP contribution in [-0.4, -0.2) is 60.5 Å². The summed E-state index contributed by atoms with van der Waals surface area (Å²) < 4.78 is 33.1. The first-order chi connectivity index (χ1) is 12.5. The number of nitrogens with zero attached hydrogens (tertiary/aromatic N) is 2. The number of carbonyl (C=O) groups excluding carboxylic acids is 1. The Labute approximate surface area is 153 Å². The summed E-state index contributed by atoms with van der Waals surface area (Å²) in [7, 11) is 0. The number of rotatable bonds is 4. The van der Waals surface area contributed by atoms with E-state index in [9.17, 15) is 13.6 Å². The molecule has 0 amide bonds. The molecule has 6 heteroatoms. The van der Waals surface area contributed by atoms with Crippen molar-refractivity contribution in [2.24, 2.45) is 5.92 Å². The van der Waals surface area contributed by atoms with Crippen LogP contribution < -0.4 is 0 Å². The number of halogens is 2. The number of benzene rings is 1. The van der Waals surface area contributed by atoms with Crippen molar-refractivity contribution in [3.05, 3.63) is 35.9 Å². The van der Waals surface area contributed by atoms with Crippen molar-refractivity contribution >= 4 is 5.97 Å². The maximum Gasteiger partial charge on any atom is 0.328 e. The molecule has 4 heterocycles. The topological polar surface area (TPSA) is 32.8 Å². The summed E-state index contributed by atoms with van der Waals surface area (Å²) in [6.07, 6.45) is 1.67. The molecule has 4 nitrogen and oxygen atoms in total. The molecule has 0 aromatic heterocycles. The molecule has 142 valence electrons. The minimum Gasteiger partial charge on any atom is -0.459 e. The highest BCUT2D eigenvalue weighted by atomic mass is 19.3. The second-order valence-electron chi connectivity index (χ2n) is 7.82. The van der Waals surface area contributed by atoms with Crippen LogP contribution in [0.1, 0.15) is 37.3 Å². The third kappa shape index (κ3) is 3.76. The maximum absolute atomic E-state index is 13.6. The van der Waals surface area contributed by atoms with Gasteiger partial charge in [-0.25, -0.2) is 13.6 Å². The number of likely N-dealkylation sites (tertiary alicyclic amines) is 1. The van der Waals surface area contributed by atoms with E-state index in [0.717, 1.165) is 38.0 Å². The summed E-state index contributed by atoms with van der Waals surface area (Å²) in [4.78, 5) is 17.3. The van der Waals surface area contributed by atoms with Crippen LogP contribution in [0.25, 0.3) is 0 Å². The third-order valence-corrected chi connectivity index (χ3v) is 6.10. The van der Waals surface area contributed by atoms with Crippen LogP contribution in [0.5, 0.6) is 0 Å². The average Bonchev–Trinajstić information content (AvgIpc) is 2.65. The molecule has 0 aliphatic carbocycles. The second kappa shape index (κ2) is 7.24. The lowest BCUT2D eigenvalue weighted by atomic mass is 9.86. The number of ether oxygens (including phenoxy) is 1. The van der Waals surface area contributed by atoms with E-state index < -0.39 is 12.0 Å². The first-order valence-electron chi connectivity index (χ1n) is 9.61. The number of piperidine rings is 4. The molecule has 4 aliphatic heterocycles. The van der Waals surface area contributed by atoms with Gasteiger partial charge in [0.1, 0.15) is 12.1 Å². The first kappa shape index (κ1) is 17.9. The minimum absolute atomic E-state index is 0.0672. The van der Waals surface area contributed by atoms with Crippen molar-refractivity contribution in [3.63, 3.8) is 0 Å². The number of hydrogen-bond acceptors (Lipinski definition) is 4. The van der Waals surface area contributed by atoms with Gasteiger partial charge in [0.25, 0.3) is 5.92 Å². The van der Waals surface area contributed by atoms with Gasteiger partial charge in [-0.15, -0.1) is 0 Å². The van der Waals surface area contributed by atoms with Gasteiger partial charge in [-0.2, -0.15) is 0 Å². The largest absolute Gasteiger partial charge is 0.459 e. The highest BCUT2D eigenvalue weighted by Crippen LogP contribution is 2.35. The summed E-state index contributed by atoms with van der Waals surface area (Å²) in [6, 6.07) is 8.82. The molecule has 4 saturated heterocycles. The molecule has 1 aromatic carbocycles. The van der Waals surface area contributed by atoms with Crippen molar-refractivity contribution in [3.8, 4) is 0 Å². The Hall–Kier alpha value is -1.53. The zero-order valence-corrected chi connectivity index (χ0v) is 14.9. The number of fused-ring (bicyclic) bond motifs is 3. The molecule has 2 bridgehead atoms. The highest BCUT2D eigenvalue weighted by molar-refractivity contribution is 5.78. The van der Waals surface area contributed by atoms with Crippen molar-refractivity contribution in [1.29, 1.82) is 0 Å². The number of carbonyl (C=O) groups is 1. The molecule has 2 atom stereocenters. The van der Waals surface area contributed by atoms with Gasteiger partial charge in [-0.3, -0.25) is 9.80 Å². The summed E-state index contributed by atoms with van der Waals surface area (Å²) in [5.41, 5.74) is 0.823. The van der Waals surface area contributed by atoms with E-state index in [-0.39, 0.29) is 38.0 Å². The Bertz CT molecular complexity index is 622. The number of alkyl halides is 2. The summed E-state index contributed by atoms with van der Waals surface area (Å²) in [5, 5.41) is 0. The Kier molecular flexibility index (Phi) is 4.97. The zero-order valence-electron chi connectivity index (χ0n) is 14.9. The fraction of sp³-hybridized carbons (Fsp3) is 0.650. The van der Waals surface area contributed by atoms with Gasteiger partial charge in [-0.1, -0.05) is 30.3 Å². The van der Waals surface area contributed by atoms with Crippen LogP contribution in [0.2, 0.25) is 0 Å². The molecule has 4 fully saturated rings. The van der Waals surface area contributed by atoms with Gasteiger partial charge < -0.3 is 4.74 Å². The molecule has 0 spiro atoms. The number of hydrogen-bond donors (Lipinski definition) is 0. The van der Waals surface area contributed by atoms with Gasteiger partial charge in [0.2, 0.25) is 0 Å². The molecule has 1 aromatic rings. The molecular weight excluding hydrogens is 338 g/mol. The smallest absolute Gasteiger partial charge is 0.328 e. The molecular formula is C20H26F2N2O2. The van der Waals surface area contributed by atoms with Gasteiger partial charge in [0.05, 0.1) is 0 Å². The fourth-order valence-corrected chi connectivity index (χ4v) is 4.50. The highest BCUT2D eigenvalue weighted by Gasteiger charge is 2.42. The van der Waals surface area contributed by atoms with E-state index in [1.165, 1.54) is 0 Å². The lowest BCUT2D eigenvalue weighted by molar-refractivity contribution is -0.168. The minimum atomic E-state index is -2.63. The Balaban J connectivity index is 1.50. The molecule has 2 unspecified atom stereocenters. The van der Waals surface area contributed by atoms with E-state index in [1.807, 2.05) is 35.2 Å². The predicted molar refractivity (Wildman–Crippen MR) is 94.0 cm³/mol. The summed E-state index contributed by atoms with van der Waals surface area (Å²) >= 11 is 0. The SMILES string of the molecule is O=C(OC1CN2CCC1CC2)C(c1ccccc1)N1CCC(F)(F)CC1. The molecule has 26 heavy (non-hydrogen) atoms. The maximum atomic E-state index is 13.6.